The number of carbonyl (C=O) groups is 1. The molecule has 0 aliphatic carbocycles. The van der Waals surface area contributed by atoms with Crippen molar-refractivity contribution in [3.63, 3.8) is 0 Å². The molecule has 1 heterocycles. The van der Waals surface area contributed by atoms with Crippen molar-refractivity contribution in [2.75, 3.05) is 5.32 Å². The van der Waals surface area contributed by atoms with Crippen LogP contribution in [0.1, 0.15) is 21.6 Å². The number of aryl methyl sites for hydroxylation is 2. The Hall–Kier alpha value is -3.08. The normalized spacial score (nSPS) is 10.8. The molecule has 1 N–H and O–H groups in total. The SMILES string of the molecule is Cc1ccc(NC(=O)c2cc(-c3ccccc3Cl)n(-c3ccc(Cl)cc3)n2)cc1C. The number of nitrogens with one attached hydrogen (secondary N) is 1. The van der Waals surface area contributed by atoms with Gasteiger partial charge in [-0.15, -0.1) is 0 Å². The zero-order chi connectivity index (χ0) is 21.3. The number of rotatable bonds is 4. The summed E-state index contributed by atoms with van der Waals surface area (Å²) in [6.45, 7) is 4.04. The lowest BCUT2D eigenvalue weighted by Gasteiger charge is -2.09. The molecule has 0 saturated carbocycles. The summed E-state index contributed by atoms with van der Waals surface area (Å²) >= 11 is 12.5. The molecule has 0 aliphatic heterocycles. The van der Waals surface area contributed by atoms with E-state index in [1.807, 2.05) is 68.4 Å². The predicted molar refractivity (Wildman–Crippen MR) is 123 cm³/mol. The molecule has 4 aromatic rings. The van der Waals surface area contributed by atoms with Crippen molar-refractivity contribution in [3.8, 4) is 16.9 Å². The Morgan fingerprint density at radius 1 is 0.900 bits per heavy atom. The Balaban J connectivity index is 1.76. The highest BCUT2D eigenvalue weighted by molar-refractivity contribution is 6.33. The standard InChI is InChI=1S/C24H19Cl2N3O/c1-15-7-10-18(13-16(15)2)27-24(30)22-14-23(20-5-3-4-6-21(20)26)29(28-22)19-11-8-17(25)9-12-19/h3-14H,1-2H3,(H,27,30). The largest absolute Gasteiger partial charge is 0.321 e. The fourth-order valence-corrected chi connectivity index (χ4v) is 3.50. The van der Waals surface area contributed by atoms with Gasteiger partial charge in [0.15, 0.2) is 5.69 Å². The lowest BCUT2D eigenvalue weighted by molar-refractivity contribution is 0.102. The minimum Gasteiger partial charge on any atom is -0.321 e. The summed E-state index contributed by atoms with van der Waals surface area (Å²) in [4.78, 5) is 12.9. The fraction of sp³-hybridized carbons (Fsp3) is 0.0833. The number of carbonyl (C=O) groups excluding carboxylic acids is 1. The van der Waals surface area contributed by atoms with Crippen molar-refractivity contribution >= 4 is 34.8 Å². The third-order valence-electron chi connectivity index (χ3n) is 4.93. The van der Waals surface area contributed by atoms with E-state index in [9.17, 15) is 4.79 Å². The summed E-state index contributed by atoms with van der Waals surface area (Å²) in [5, 5.41) is 8.69. The van der Waals surface area contributed by atoms with Crippen LogP contribution in [-0.2, 0) is 0 Å². The van der Waals surface area contributed by atoms with Crippen LogP contribution in [0.25, 0.3) is 16.9 Å². The van der Waals surface area contributed by atoms with Crippen molar-refractivity contribution < 1.29 is 4.79 Å². The van der Waals surface area contributed by atoms with Gasteiger partial charge in [0, 0.05) is 21.3 Å². The molecule has 4 rings (SSSR count). The van der Waals surface area contributed by atoms with Gasteiger partial charge in [0.1, 0.15) is 0 Å². The molecular formula is C24H19Cl2N3O. The Bertz CT molecular complexity index is 1230. The minimum atomic E-state index is -0.292. The Morgan fingerprint density at radius 2 is 1.63 bits per heavy atom. The first-order valence-electron chi connectivity index (χ1n) is 9.42. The van der Waals surface area contributed by atoms with E-state index in [1.165, 1.54) is 5.56 Å². The quantitative estimate of drug-likeness (QED) is 0.386. The van der Waals surface area contributed by atoms with E-state index in [0.717, 1.165) is 22.5 Å². The van der Waals surface area contributed by atoms with Gasteiger partial charge in [0.2, 0.25) is 0 Å². The van der Waals surface area contributed by atoms with Crippen molar-refractivity contribution in [3.05, 3.63) is 99.7 Å². The molecule has 3 aromatic carbocycles. The molecule has 0 radical (unpaired) electrons. The number of amides is 1. The first kappa shape index (κ1) is 20.2. The molecular weight excluding hydrogens is 417 g/mol. The van der Waals surface area contributed by atoms with Gasteiger partial charge in [0.25, 0.3) is 5.91 Å². The van der Waals surface area contributed by atoms with Gasteiger partial charge in [-0.3, -0.25) is 4.79 Å². The molecule has 0 bridgehead atoms. The molecule has 0 unspecified atom stereocenters. The van der Waals surface area contributed by atoms with Crippen molar-refractivity contribution in [2.24, 2.45) is 0 Å². The number of nitrogens with zero attached hydrogens (tertiary/aromatic N) is 2. The first-order valence-corrected chi connectivity index (χ1v) is 10.2. The maximum absolute atomic E-state index is 12.9. The maximum Gasteiger partial charge on any atom is 0.276 e. The van der Waals surface area contributed by atoms with Gasteiger partial charge in [-0.05, 0) is 73.5 Å². The highest BCUT2D eigenvalue weighted by atomic mass is 35.5. The van der Waals surface area contributed by atoms with Crippen LogP contribution in [0, 0.1) is 13.8 Å². The van der Waals surface area contributed by atoms with Gasteiger partial charge >= 0.3 is 0 Å². The summed E-state index contributed by atoms with van der Waals surface area (Å²) < 4.78 is 1.70. The lowest BCUT2D eigenvalue weighted by atomic mass is 10.1. The second kappa shape index (κ2) is 8.34. The molecule has 0 spiro atoms. The molecule has 150 valence electrons. The van der Waals surface area contributed by atoms with Crippen LogP contribution in [-0.4, -0.2) is 15.7 Å². The fourth-order valence-electron chi connectivity index (χ4n) is 3.15. The number of hydrogen-bond acceptors (Lipinski definition) is 2. The van der Waals surface area contributed by atoms with Gasteiger partial charge in [-0.25, -0.2) is 4.68 Å². The highest BCUT2D eigenvalue weighted by Crippen LogP contribution is 2.30. The van der Waals surface area contributed by atoms with Crippen LogP contribution in [0.3, 0.4) is 0 Å². The van der Waals surface area contributed by atoms with Crippen LogP contribution in [0.4, 0.5) is 5.69 Å². The van der Waals surface area contributed by atoms with E-state index in [1.54, 1.807) is 22.9 Å². The molecule has 30 heavy (non-hydrogen) atoms. The molecule has 1 amide bonds. The number of aromatic nitrogens is 2. The number of benzene rings is 3. The molecule has 0 saturated heterocycles. The predicted octanol–water partition coefficient (Wildman–Crippen LogP) is 6.72. The highest BCUT2D eigenvalue weighted by Gasteiger charge is 2.18. The summed E-state index contributed by atoms with van der Waals surface area (Å²) in [5.74, 6) is -0.292. The summed E-state index contributed by atoms with van der Waals surface area (Å²) in [5.41, 5.74) is 5.57. The third-order valence-corrected chi connectivity index (χ3v) is 5.51. The van der Waals surface area contributed by atoms with Crippen LogP contribution < -0.4 is 5.32 Å². The second-order valence-corrected chi connectivity index (χ2v) is 7.88. The van der Waals surface area contributed by atoms with E-state index in [0.29, 0.717) is 15.7 Å². The molecule has 4 nitrogen and oxygen atoms in total. The molecule has 0 atom stereocenters. The van der Waals surface area contributed by atoms with Gasteiger partial charge in [-0.2, -0.15) is 5.10 Å². The van der Waals surface area contributed by atoms with Crippen LogP contribution in [0.5, 0.6) is 0 Å². The summed E-state index contributed by atoms with van der Waals surface area (Å²) in [7, 11) is 0. The zero-order valence-electron chi connectivity index (χ0n) is 16.5. The van der Waals surface area contributed by atoms with E-state index in [-0.39, 0.29) is 11.6 Å². The van der Waals surface area contributed by atoms with E-state index >= 15 is 0 Å². The molecule has 1 aromatic heterocycles. The van der Waals surface area contributed by atoms with E-state index in [4.69, 9.17) is 23.2 Å². The average molecular weight is 436 g/mol. The number of halogens is 2. The second-order valence-electron chi connectivity index (χ2n) is 7.04. The van der Waals surface area contributed by atoms with Crippen molar-refractivity contribution in [1.82, 2.24) is 9.78 Å². The maximum atomic E-state index is 12.9. The van der Waals surface area contributed by atoms with Crippen LogP contribution >= 0.6 is 23.2 Å². The van der Waals surface area contributed by atoms with Crippen LogP contribution in [0.2, 0.25) is 10.0 Å². The third kappa shape index (κ3) is 4.11. The van der Waals surface area contributed by atoms with Crippen molar-refractivity contribution in [1.29, 1.82) is 0 Å². The van der Waals surface area contributed by atoms with Gasteiger partial charge in [-0.1, -0.05) is 47.5 Å². The monoisotopic (exact) mass is 435 g/mol. The smallest absolute Gasteiger partial charge is 0.276 e. The summed E-state index contributed by atoms with van der Waals surface area (Å²) in [6.07, 6.45) is 0. The zero-order valence-corrected chi connectivity index (χ0v) is 18.0. The van der Waals surface area contributed by atoms with Gasteiger partial charge in [0.05, 0.1) is 11.4 Å². The Kier molecular flexibility index (Phi) is 5.62. The minimum absolute atomic E-state index is 0.290. The van der Waals surface area contributed by atoms with Gasteiger partial charge < -0.3 is 5.32 Å². The Labute approximate surface area is 185 Å². The summed E-state index contributed by atoms with van der Waals surface area (Å²) in [6, 6.07) is 22.3. The number of hydrogen-bond donors (Lipinski definition) is 1. The lowest BCUT2D eigenvalue weighted by Crippen LogP contribution is -2.13. The topological polar surface area (TPSA) is 46.9 Å². The van der Waals surface area contributed by atoms with Crippen molar-refractivity contribution in [2.45, 2.75) is 13.8 Å². The molecule has 0 aliphatic rings. The van der Waals surface area contributed by atoms with E-state index in [2.05, 4.69) is 10.4 Å². The first-order chi connectivity index (χ1) is 14.4. The Morgan fingerprint density at radius 3 is 2.33 bits per heavy atom. The average Bonchev–Trinajstić information content (AvgIpc) is 3.17. The van der Waals surface area contributed by atoms with Crippen LogP contribution in [0.15, 0.2) is 72.8 Å². The molecule has 0 fully saturated rings. The van der Waals surface area contributed by atoms with E-state index < -0.39 is 0 Å². The number of anilines is 1. The molecule has 6 heteroatoms.